The minimum atomic E-state index is -0.897. The van der Waals surface area contributed by atoms with E-state index in [0.29, 0.717) is 34.7 Å². The molecule has 44 heavy (non-hydrogen) atoms. The Hall–Kier alpha value is -5.35. The number of carbonyl (C=O) groups is 2. The molecule has 0 fully saturated rings. The van der Waals surface area contributed by atoms with Crippen LogP contribution < -0.4 is 0 Å². The SMILES string of the molecule is CCC1CCc2c(c3cccc(C(=O)O)c3n2Cc2cccc(C#N)c2)C1.O=C(O)c1cccc2c3c([nH]c12)C=CC=CC3. The number of hydrogen-bond acceptors (Lipinski definition) is 3. The first kappa shape index (κ1) is 28.8. The Labute approximate surface area is 255 Å². The van der Waals surface area contributed by atoms with E-state index in [1.807, 2.05) is 48.6 Å². The highest BCUT2D eigenvalue weighted by atomic mass is 16.4. The lowest BCUT2D eigenvalue weighted by Gasteiger charge is -2.23. The average molecular weight is 584 g/mol. The molecule has 220 valence electrons. The lowest BCUT2D eigenvalue weighted by molar-refractivity contribution is 0.0687. The summed E-state index contributed by atoms with van der Waals surface area (Å²) >= 11 is 0. The van der Waals surface area contributed by atoms with Gasteiger partial charge in [0, 0.05) is 28.7 Å². The number of carboxylic acids is 2. The lowest BCUT2D eigenvalue weighted by atomic mass is 9.85. The molecule has 0 saturated heterocycles. The van der Waals surface area contributed by atoms with Crippen molar-refractivity contribution in [3.05, 3.63) is 124 Å². The molecule has 5 aromatic rings. The van der Waals surface area contributed by atoms with E-state index in [9.17, 15) is 20.0 Å². The Morgan fingerprint density at radius 2 is 1.73 bits per heavy atom. The van der Waals surface area contributed by atoms with Gasteiger partial charge in [0.1, 0.15) is 0 Å². The van der Waals surface area contributed by atoms with Crippen molar-refractivity contribution in [1.29, 1.82) is 5.26 Å². The quantitative estimate of drug-likeness (QED) is 0.195. The number of aromatic carboxylic acids is 2. The molecule has 0 aliphatic heterocycles. The number of nitrogens with one attached hydrogen (secondary N) is 1. The molecule has 2 aromatic heterocycles. The Morgan fingerprint density at radius 3 is 2.48 bits per heavy atom. The summed E-state index contributed by atoms with van der Waals surface area (Å²) in [5.74, 6) is -1.13. The highest BCUT2D eigenvalue weighted by Crippen LogP contribution is 2.37. The zero-order chi connectivity index (χ0) is 30.8. The zero-order valence-electron chi connectivity index (χ0n) is 24.5. The van der Waals surface area contributed by atoms with Crippen LogP contribution in [0.2, 0.25) is 0 Å². The fourth-order valence-corrected chi connectivity index (χ4v) is 6.64. The summed E-state index contributed by atoms with van der Waals surface area (Å²) < 4.78 is 2.18. The maximum absolute atomic E-state index is 11.9. The second-order valence-corrected chi connectivity index (χ2v) is 11.4. The van der Waals surface area contributed by atoms with Crippen LogP contribution in [-0.2, 0) is 25.8 Å². The molecule has 3 N–H and O–H groups in total. The molecule has 1 unspecified atom stereocenters. The number of aromatic amines is 1. The summed E-state index contributed by atoms with van der Waals surface area (Å²) in [5.41, 5.74) is 8.58. The van der Waals surface area contributed by atoms with Crippen LogP contribution in [0.25, 0.3) is 27.9 Å². The third-order valence-corrected chi connectivity index (χ3v) is 8.83. The number of nitriles is 1. The Balaban J connectivity index is 0.000000173. The number of fused-ring (bicyclic) bond motifs is 6. The first-order valence-corrected chi connectivity index (χ1v) is 14.9. The lowest BCUT2D eigenvalue weighted by Crippen LogP contribution is -2.16. The molecule has 7 nitrogen and oxygen atoms in total. The standard InChI is InChI=1S/C23H22N2O2.C14H11NO2/c1-2-15-9-10-21-20(12-15)18-7-4-8-19(23(26)27)22(18)25(21)14-17-6-3-5-16(11-17)13-24;16-14(17)11-7-4-6-10-9-5-2-1-3-8-12(9)15-13(10)11/h3-8,11,15H,2,9-10,12,14H2,1H3,(H,26,27);1-4,6-8,15H,5H2,(H,16,17). The predicted molar refractivity (Wildman–Crippen MR) is 172 cm³/mol. The van der Waals surface area contributed by atoms with Crippen molar-refractivity contribution >= 4 is 39.8 Å². The molecule has 7 rings (SSSR count). The van der Waals surface area contributed by atoms with E-state index in [2.05, 4.69) is 34.7 Å². The number of nitrogens with zero attached hydrogens (tertiary/aromatic N) is 2. The van der Waals surface area contributed by atoms with Crippen LogP contribution in [0.5, 0.6) is 0 Å². The fraction of sp³-hybridized carbons (Fsp3) is 0.216. The van der Waals surface area contributed by atoms with E-state index in [0.717, 1.165) is 65.2 Å². The first-order chi connectivity index (χ1) is 21.4. The van der Waals surface area contributed by atoms with Gasteiger partial charge in [0.15, 0.2) is 0 Å². The minimum Gasteiger partial charge on any atom is -0.478 e. The van der Waals surface area contributed by atoms with Crippen molar-refractivity contribution in [2.24, 2.45) is 5.92 Å². The second-order valence-electron chi connectivity index (χ2n) is 11.4. The Kier molecular flexibility index (Phi) is 7.91. The van der Waals surface area contributed by atoms with Crippen LogP contribution >= 0.6 is 0 Å². The van der Waals surface area contributed by atoms with E-state index in [1.165, 1.54) is 11.3 Å². The number of hydrogen-bond donors (Lipinski definition) is 3. The fourth-order valence-electron chi connectivity index (χ4n) is 6.64. The number of allylic oxidation sites excluding steroid dienone is 3. The summed E-state index contributed by atoms with van der Waals surface area (Å²) in [5, 5.41) is 30.2. The molecule has 1 atom stereocenters. The number of para-hydroxylation sites is 2. The van der Waals surface area contributed by atoms with Crippen molar-refractivity contribution in [2.75, 3.05) is 0 Å². The van der Waals surface area contributed by atoms with Gasteiger partial charge in [-0.05, 0) is 78.6 Å². The van der Waals surface area contributed by atoms with Gasteiger partial charge in [-0.3, -0.25) is 0 Å². The number of aromatic nitrogens is 2. The maximum atomic E-state index is 11.9. The molecule has 0 saturated carbocycles. The van der Waals surface area contributed by atoms with Crippen molar-refractivity contribution in [1.82, 2.24) is 9.55 Å². The van der Waals surface area contributed by atoms with Gasteiger partial charge in [-0.25, -0.2) is 9.59 Å². The number of benzene rings is 3. The molecule has 7 heteroatoms. The molecule has 2 heterocycles. The molecular formula is C37H33N3O4. The summed E-state index contributed by atoms with van der Waals surface area (Å²) in [6, 6.07) is 20.7. The molecule has 3 aromatic carbocycles. The van der Waals surface area contributed by atoms with Gasteiger partial charge in [-0.1, -0.05) is 68.0 Å². The van der Waals surface area contributed by atoms with Gasteiger partial charge in [0.05, 0.1) is 33.8 Å². The number of H-pyrrole nitrogens is 1. The van der Waals surface area contributed by atoms with Gasteiger partial charge in [-0.2, -0.15) is 5.26 Å². The van der Waals surface area contributed by atoms with Crippen molar-refractivity contribution in [2.45, 2.75) is 45.6 Å². The Morgan fingerprint density at radius 1 is 0.977 bits per heavy atom. The van der Waals surface area contributed by atoms with Gasteiger partial charge >= 0.3 is 11.9 Å². The molecule has 2 aliphatic rings. The average Bonchev–Trinajstić information content (AvgIpc) is 3.44. The van der Waals surface area contributed by atoms with E-state index in [4.69, 9.17) is 5.11 Å². The van der Waals surface area contributed by atoms with Gasteiger partial charge in [0.25, 0.3) is 0 Å². The molecule has 0 amide bonds. The number of rotatable bonds is 5. The first-order valence-electron chi connectivity index (χ1n) is 14.9. The van der Waals surface area contributed by atoms with Crippen LogP contribution in [0, 0.1) is 17.2 Å². The molecule has 0 radical (unpaired) electrons. The second kappa shape index (κ2) is 12.1. The maximum Gasteiger partial charge on any atom is 0.337 e. The third kappa shape index (κ3) is 5.31. The Bertz CT molecular complexity index is 2020. The van der Waals surface area contributed by atoms with E-state index in [-0.39, 0.29) is 0 Å². The molecule has 0 bridgehead atoms. The van der Waals surface area contributed by atoms with Crippen molar-refractivity contribution in [3.63, 3.8) is 0 Å². The van der Waals surface area contributed by atoms with Crippen LogP contribution in [-0.4, -0.2) is 31.7 Å². The molecule has 2 aliphatic carbocycles. The van der Waals surface area contributed by atoms with Gasteiger partial charge in [0.2, 0.25) is 0 Å². The van der Waals surface area contributed by atoms with Crippen LogP contribution in [0.15, 0.2) is 78.9 Å². The number of carboxylic acid groups (broad SMARTS) is 2. The minimum absolute atomic E-state index is 0.327. The zero-order valence-corrected chi connectivity index (χ0v) is 24.5. The molecular weight excluding hydrogens is 550 g/mol. The topological polar surface area (TPSA) is 119 Å². The summed E-state index contributed by atoms with van der Waals surface area (Å²) in [4.78, 5) is 26.2. The van der Waals surface area contributed by atoms with Crippen LogP contribution in [0.4, 0.5) is 0 Å². The largest absolute Gasteiger partial charge is 0.478 e. The van der Waals surface area contributed by atoms with E-state index < -0.39 is 11.9 Å². The van der Waals surface area contributed by atoms with Crippen LogP contribution in [0.1, 0.15) is 74.1 Å². The van der Waals surface area contributed by atoms with Crippen molar-refractivity contribution < 1.29 is 19.8 Å². The van der Waals surface area contributed by atoms with Crippen LogP contribution in [0.3, 0.4) is 0 Å². The summed E-state index contributed by atoms with van der Waals surface area (Å²) in [6.45, 7) is 2.81. The predicted octanol–water partition coefficient (Wildman–Crippen LogP) is 7.77. The smallest absolute Gasteiger partial charge is 0.337 e. The van der Waals surface area contributed by atoms with E-state index >= 15 is 0 Å². The van der Waals surface area contributed by atoms with Gasteiger partial charge in [-0.15, -0.1) is 0 Å². The monoisotopic (exact) mass is 583 g/mol. The third-order valence-electron chi connectivity index (χ3n) is 8.83. The van der Waals surface area contributed by atoms with Gasteiger partial charge < -0.3 is 19.8 Å². The molecule has 0 spiro atoms. The highest BCUT2D eigenvalue weighted by Gasteiger charge is 2.27. The highest BCUT2D eigenvalue weighted by molar-refractivity contribution is 6.05. The summed E-state index contributed by atoms with van der Waals surface area (Å²) in [6.07, 6.45) is 13.1. The summed E-state index contributed by atoms with van der Waals surface area (Å²) in [7, 11) is 0. The normalized spacial score (nSPS) is 15.1. The van der Waals surface area contributed by atoms with E-state index in [1.54, 1.807) is 24.3 Å². The van der Waals surface area contributed by atoms with Crippen molar-refractivity contribution in [3.8, 4) is 6.07 Å².